The monoisotopic (exact) mass is 227 g/mol. The van der Waals surface area contributed by atoms with E-state index in [2.05, 4.69) is 15.3 Å². The summed E-state index contributed by atoms with van der Waals surface area (Å²) < 4.78 is 0. The van der Waals surface area contributed by atoms with Crippen LogP contribution in [-0.4, -0.2) is 15.9 Å². The van der Waals surface area contributed by atoms with E-state index in [9.17, 15) is 4.79 Å². The highest BCUT2D eigenvalue weighted by molar-refractivity contribution is 5.89. The Morgan fingerprint density at radius 1 is 1.18 bits per heavy atom. The number of hydrogen-bond donors (Lipinski definition) is 1. The maximum atomic E-state index is 11.6. The summed E-state index contributed by atoms with van der Waals surface area (Å²) >= 11 is 0. The van der Waals surface area contributed by atoms with E-state index in [1.165, 1.54) is 6.20 Å². The molecule has 1 aromatic carbocycles. The quantitative estimate of drug-likeness (QED) is 0.869. The van der Waals surface area contributed by atoms with E-state index in [1.54, 1.807) is 12.4 Å². The molecule has 0 saturated carbocycles. The minimum absolute atomic E-state index is 0.0469. The van der Waals surface area contributed by atoms with Crippen LogP contribution in [0.3, 0.4) is 0 Å². The van der Waals surface area contributed by atoms with Crippen LogP contribution in [0.5, 0.6) is 0 Å². The molecule has 0 aliphatic rings. The lowest BCUT2D eigenvalue weighted by molar-refractivity contribution is -0.116. The molecule has 1 aromatic heterocycles. The van der Waals surface area contributed by atoms with E-state index in [0.29, 0.717) is 12.2 Å². The Balaban J connectivity index is 1.83. The van der Waals surface area contributed by atoms with Crippen molar-refractivity contribution in [3.63, 3.8) is 0 Å². The fourth-order valence-electron chi connectivity index (χ4n) is 1.47. The number of hydrogen-bond acceptors (Lipinski definition) is 3. The molecule has 17 heavy (non-hydrogen) atoms. The first-order chi connectivity index (χ1) is 8.34. The van der Waals surface area contributed by atoms with Crippen LogP contribution in [-0.2, 0) is 11.2 Å². The number of carbonyl (C=O) groups excluding carboxylic acids is 1. The number of carbonyl (C=O) groups is 1. The van der Waals surface area contributed by atoms with Crippen LogP contribution in [0, 0.1) is 0 Å². The highest BCUT2D eigenvalue weighted by Gasteiger charge is 2.03. The van der Waals surface area contributed by atoms with E-state index >= 15 is 0 Å². The zero-order valence-corrected chi connectivity index (χ0v) is 9.34. The lowest BCUT2D eigenvalue weighted by Gasteiger charge is -2.03. The van der Waals surface area contributed by atoms with Gasteiger partial charge in [-0.2, -0.15) is 0 Å². The van der Waals surface area contributed by atoms with Crippen LogP contribution in [0.2, 0.25) is 0 Å². The van der Waals surface area contributed by atoms with Gasteiger partial charge < -0.3 is 5.32 Å². The zero-order valence-electron chi connectivity index (χ0n) is 9.34. The van der Waals surface area contributed by atoms with Gasteiger partial charge in [0.15, 0.2) is 5.82 Å². The Labute approximate surface area is 99.7 Å². The van der Waals surface area contributed by atoms with Gasteiger partial charge in [0.25, 0.3) is 0 Å². The average Bonchev–Trinajstić information content (AvgIpc) is 2.39. The molecular weight excluding hydrogens is 214 g/mol. The molecule has 0 aliphatic heterocycles. The number of benzene rings is 1. The smallest absolute Gasteiger partial charge is 0.225 e. The number of amides is 1. The molecule has 1 N–H and O–H groups in total. The van der Waals surface area contributed by atoms with Crippen molar-refractivity contribution in [1.82, 2.24) is 9.97 Å². The van der Waals surface area contributed by atoms with E-state index in [1.807, 2.05) is 30.3 Å². The number of rotatable bonds is 4. The number of aromatic nitrogens is 2. The number of nitrogens with one attached hydrogen (secondary N) is 1. The zero-order chi connectivity index (χ0) is 11.9. The topological polar surface area (TPSA) is 54.9 Å². The van der Waals surface area contributed by atoms with Gasteiger partial charge in [-0.1, -0.05) is 30.3 Å². The number of aryl methyl sites for hydroxylation is 1. The fourth-order valence-corrected chi connectivity index (χ4v) is 1.47. The maximum absolute atomic E-state index is 11.6. The highest BCUT2D eigenvalue weighted by Crippen LogP contribution is 2.04. The van der Waals surface area contributed by atoms with Crippen molar-refractivity contribution in [2.24, 2.45) is 0 Å². The third kappa shape index (κ3) is 3.68. The third-order valence-electron chi connectivity index (χ3n) is 2.31. The average molecular weight is 227 g/mol. The highest BCUT2D eigenvalue weighted by atomic mass is 16.1. The summed E-state index contributed by atoms with van der Waals surface area (Å²) in [7, 11) is 0. The van der Waals surface area contributed by atoms with Crippen LogP contribution >= 0.6 is 0 Å². The van der Waals surface area contributed by atoms with Gasteiger partial charge >= 0.3 is 0 Å². The van der Waals surface area contributed by atoms with Crippen molar-refractivity contribution in [2.45, 2.75) is 12.8 Å². The first-order valence-corrected chi connectivity index (χ1v) is 5.44. The Morgan fingerprint density at radius 3 is 2.71 bits per heavy atom. The Hall–Kier alpha value is -2.23. The summed E-state index contributed by atoms with van der Waals surface area (Å²) in [6.07, 6.45) is 5.82. The molecule has 1 heterocycles. The number of nitrogens with zero attached hydrogens (tertiary/aromatic N) is 2. The molecule has 0 fully saturated rings. The maximum Gasteiger partial charge on any atom is 0.225 e. The minimum atomic E-state index is -0.0469. The second kappa shape index (κ2) is 5.75. The molecule has 0 atom stereocenters. The van der Waals surface area contributed by atoms with Crippen molar-refractivity contribution in [2.75, 3.05) is 5.32 Å². The standard InChI is InChI=1S/C13H13N3O/c17-13(16-12-10-14-8-9-15-12)7-6-11-4-2-1-3-5-11/h1-5,8-10H,6-7H2,(H,15,16,17). The van der Waals surface area contributed by atoms with Gasteiger partial charge in [0.2, 0.25) is 5.91 Å². The predicted octanol–water partition coefficient (Wildman–Crippen LogP) is 2.05. The molecule has 4 nitrogen and oxygen atoms in total. The second-order valence-corrected chi connectivity index (χ2v) is 3.62. The molecule has 0 spiro atoms. The fraction of sp³-hybridized carbons (Fsp3) is 0.154. The van der Waals surface area contributed by atoms with Crippen LogP contribution < -0.4 is 5.32 Å². The summed E-state index contributed by atoms with van der Waals surface area (Å²) in [5.41, 5.74) is 1.15. The largest absolute Gasteiger partial charge is 0.309 e. The van der Waals surface area contributed by atoms with E-state index < -0.39 is 0 Å². The molecule has 2 rings (SSSR count). The van der Waals surface area contributed by atoms with Crippen LogP contribution in [0.1, 0.15) is 12.0 Å². The predicted molar refractivity (Wildman–Crippen MR) is 65.4 cm³/mol. The SMILES string of the molecule is O=C(CCc1ccccc1)Nc1cnccn1. The first-order valence-electron chi connectivity index (χ1n) is 5.44. The van der Waals surface area contributed by atoms with Crippen molar-refractivity contribution in [3.05, 3.63) is 54.5 Å². The molecule has 0 saturated heterocycles. The molecule has 0 aliphatic carbocycles. The first kappa shape index (κ1) is 11.3. The van der Waals surface area contributed by atoms with Crippen LogP contribution in [0.25, 0.3) is 0 Å². The van der Waals surface area contributed by atoms with Gasteiger partial charge in [-0.15, -0.1) is 0 Å². The van der Waals surface area contributed by atoms with Crippen molar-refractivity contribution < 1.29 is 4.79 Å². The Morgan fingerprint density at radius 2 is 2.00 bits per heavy atom. The summed E-state index contributed by atoms with van der Waals surface area (Å²) in [5, 5.41) is 2.70. The van der Waals surface area contributed by atoms with Crippen molar-refractivity contribution in [1.29, 1.82) is 0 Å². The van der Waals surface area contributed by atoms with E-state index in [-0.39, 0.29) is 5.91 Å². The van der Waals surface area contributed by atoms with Crippen molar-refractivity contribution in [3.8, 4) is 0 Å². The summed E-state index contributed by atoms with van der Waals surface area (Å²) in [6, 6.07) is 9.92. The molecule has 2 aromatic rings. The minimum Gasteiger partial charge on any atom is -0.309 e. The molecular formula is C13H13N3O. The van der Waals surface area contributed by atoms with Gasteiger partial charge in [-0.25, -0.2) is 4.98 Å². The molecule has 4 heteroatoms. The van der Waals surface area contributed by atoms with E-state index in [0.717, 1.165) is 12.0 Å². The van der Waals surface area contributed by atoms with Crippen LogP contribution in [0.15, 0.2) is 48.9 Å². The van der Waals surface area contributed by atoms with Gasteiger partial charge in [-0.3, -0.25) is 9.78 Å². The van der Waals surface area contributed by atoms with Crippen molar-refractivity contribution >= 4 is 11.7 Å². The Kier molecular flexibility index (Phi) is 3.81. The lowest BCUT2D eigenvalue weighted by atomic mass is 10.1. The summed E-state index contributed by atoms with van der Waals surface area (Å²) in [4.78, 5) is 19.5. The number of anilines is 1. The van der Waals surface area contributed by atoms with Gasteiger partial charge in [0, 0.05) is 18.8 Å². The molecule has 0 radical (unpaired) electrons. The van der Waals surface area contributed by atoms with Crippen LogP contribution in [0.4, 0.5) is 5.82 Å². The normalized spacial score (nSPS) is 9.88. The van der Waals surface area contributed by atoms with E-state index in [4.69, 9.17) is 0 Å². The Bertz CT molecular complexity index is 471. The molecule has 0 unspecified atom stereocenters. The summed E-state index contributed by atoms with van der Waals surface area (Å²) in [5.74, 6) is 0.444. The molecule has 0 bridgehead atoms. The van der Waals surface area contributed by atoms with Gasteiger partial charge in [-0.05, 0) is 12.0 Å². The third-order valence-corrected chi connectivity index (χ3v) is 2.31. The molecule has 1 amide bonds. The summed E-state index contributed by atoms with van der Waals surface area (Å²) in [6.45, 7) is 0. The second-order valence-electron chi connectivity index (χ2n) is 3.62. The lowest BCUT2D eigenvalue weighted by Crippen LogP contribution is -2.13. The van der Waals surface area contributed by atoms with Gasteiger partial charge in [0.1, 0.15) is 0 Å². The van der Waals surface area contributed by atoms with Gasteiger partial charge in [0.05, 0.1) is 6.20 Å². The molecule has 86 valence electrons.